The quantitative estimate of drug-likeness (QED) is 0.390. The van der Waals surface area contributed by atoms with E-state index < -0.39 is 5.54 Å². The third kappa shape index (κ3) is 7.73. The van der Waals surface area contributed by atoms with Crippen molar-refractivity contribution in [2.75, 3.05) is 18.4 Å². The number of amides is 3. The molecule has 0 aliphatic heterocycles. The number of nitrogens with zero attached hydrogens (tertiary/aromatic N) is 3. The SMILES string of the molecule is CC(C)CN(CC(=O)Nc1nc(-c2ccc(Cl)cc2)cn1-c1cccc(Cl)c1)C(=O)NC(C)(C)C. The largest absolute Gasteiger partial charge is 0.333 e. The van der Waals surface area contributed by atoms with Crippen LogP contribution in [0.3, 0.4) is 0 Å². The van der Waals surface area contributed by atoms with Gasteiger partial charge in [0.25, 0.3) is 0 Å². The lowest BCUT2D eigenvalue weighted by Gasteiger charge is -2.29. The number of anilines is 1. The minimum Gasteiger partial charge on any atom is -0.333 e. The molecule has 3 aromatic rings. The molecule has 0 bridgehead atoms. The first-order valence-corrected chi connectivity index (χ1v) is 12.1. The maximum Gasteiger partial charge on any atom is 0.318 e. The number of hydrogen-bond donors (Lipinski definition) is 2. The van der Waals surface area contributed by atoms with Crippen LogP contribution in [0.2, 0.25) is 10.0 Å². The molecule has 0 aliphatic carbocycles. The molecule has 0 radical (unpaired) electrons. The number of urea groups is 1. The monoisotopic (exact) mass is 515 g/mol. The summed E-state index contributed by atoms with van der Waals surface area (Å²) >= 11 is 12.2. The van der Waals surface area contributed by atoms with E-state index >= 15 is 0 Å². The molecule has 0 atom stereocenters. The van der Waals surface area contributed by atoms with Crippen molar-refractivity contribution in [3.05, 3.63) is 64.8 Å². The fourth-order valence-corrected chi connectivity index (χ4v) is 3.76. The van der Waals surface area contributed by atoms with Crippen LogP contribution < -0.4 is 10.6 Å². The van der Waals surface area contributed by atoms with E-state index in [0.717, 1.165) is 11.3 Å². The number of benzene rings is 2. The summed E-state index contributed by atoms with van der Waals surface area (Å²) in [5.41, 5.74) is 1.82. The molecule has 0 spiro atoms. The van der Waals surface area contributed by atoms with Gasteiger partial charge in [-0.05, 0) is 57.0 Å². The fraction of sp³-hybridized carbons (Fsp3) is 0.346. The number of carbonyl (C=O) groups is 2. The summed E-state index contributed by atoms with van der Waals surface area (Å²) in [6.45, 7) is 10.0. The van der Waals surface area contributed by atoms with Crippen LogP contribution in [-0.4, -0.2) is 45.0 Å². The fourth-order valence-electron chi connectivity index (χ4n) is 3.45. The Bertz CT molecular complexity index is 1180. The lowest BCUT2D eigenvalue weighted by Crippen LogP contribution is -2.51. The zero-order chi connectivity index (χ0) is 25.8. The standard InChI is InChI=1S/C26H31Cl2N5O2/c1-17(2)14-32(25(35)31-26(3,4)5)16-23(34)30-24-29-22(18-9-11-19(27)12-10-18)15-33(24)21-8-6-7-20(28)13-21/h6-13,15,17H,14,16H2,1-5H3,(H,31,35)(H,29,30,34). The number of aromatic nitrogens is 2. The van der Waals surface area contributed by atoms with Crippen LogP contribution in [0.5, 0.6) is 0 Å². The number of carbonyl (C=O) groups excluding carboxylic acids is 2. The van der Waals surface area contributed by atoms with Gasteiger partial charge in [-0.1, -0.05) is 55.2 Å². The normalized spacial score (nSPS) is 11.4. The van der Waals surface area contributed by atoms with Crippen LogP contribution in [0.25, 0.3) is 16.9 Å². The van der Waals surface area contributed by atoms with Gasteiger partial charge in [0, 0.05) is 39.6 Å². The van der Waals surface area contributed by atoms with Crippen molar-refractivity contribution < 1.29 is 9.59 Å². The summed E-state index contributed by atoms with van der Waals surface area (Å²) in [7, 11) is 0. The highest BCUT2D eigenvalue weighted by atomic mass is 35.5. The van der Waals surface area contributed by atoms with Gasteiger partial charge >= 0.3 is 6.03 Å². The van der Waals surface area contributed by atoms with Gasteiger partial charge in [-0.15, -0.1) is 0 Å². The molecule has 0 saturated heterocycles. The van der Waals surface area contributed by atoms with Crippen LogP contribution in [0, 0.1) is 5.92 Å². The number of halogens is 2. The first-order chi connectivity index (χ1) is 16.4. The second kappa shape index (κ2) is 11.1. The van der Waals surface area contributed by atoms with Crippen molar-refractivity contribution in [1.29, 1.82) is 0 Å². The first kappa shape index (κ1) is 26.6. The highest BCUT2D eigenvalue weighted by Gasteiger charge is 2.23. The van der Waals surface area contributed by atoms with Crippen molar-refractivity contribution in [3.63, 3.8) is 0 Å². The van der Waals surface area contributed by atoms with Crippen molar-refractivity contribution in [3.8, 4) is 16.9 Å². The van der Waals surface area contributed by atoms with Gasteiger partial charge in [-0.2, -0.15) is 0 Å². The van der Waals surface area contributed by atoms with Crippen molar-refractivity contribution >= 4 is 41.1 Å². The zero-order valence-electron chi connectivity index (χ0n) is 20.6. The Morgan fingerprint density at radius 1 is 1.06 bits per heavy atom. The predicted molar refractivity (Wildman–Crippen MR) is 142 cm³/mol. The molecule has 0 aliphatic rings. The Labute approximate surface area is 216 Å². The predicted octanol–water partition coefficient (Wildman–Crippen LogP) is 6.25. The molecular formula is C26H31Cl2N5O2. The van der Waals surface area contributed by atoms with E-state index in [1.165, 1.54) is 4.90 Å². The van der Waals surface area contributed by atoms with Gasteiger partial charge < -0.3 is 10.2 Å². The zero-order valence-corrected chi connectivity index (χ0v) is 22.1. The smallest absolute Gasteiger partial charge is 0.318 e. The maximum absolute atomic E-state index is 13.1. The molecule has 0 unspecified atom stereocenters. The average molecular weight is 516 g/mol. The number of imidazole rings is 1. The van der Waals surface area contributed by atoms with Crippen LogP contribution in [0.15, 0.2) is 54.7 Å². The van der Waals surface area contributed by atoms with Crippen LogP contribution in [0.4, 0.5) is 10.7 Å². The third-order valence-corrected chi connectivity index (χ3v) is 5.36. The molecule has 0 saturated carbocycles. The molecule has 0 fully saturated rings. The van der Waals surface area contributed by atoms with E-state index in [4.69, 9.17) is 23.2 Å². The van der Waals surface area contributed by atoms with Crippen molar-refractivity contribution in [1.82, 2.24) is 19.8 Å². The Balaban J connectivity index is 1.89. The molecule has 3 rings (SSSR count). The van der Waals surface area contributed by atoms with Crippen molar-refractivity contribution in [2.24, 2.45) is 5.92 Å². The molecule has 3 amide bonds. The number of rotatable bonds is 7. The summed E-state index contributed by atoms with van der Waals surface area (Å²) in [5.74, 6) is 0.160. The van der Waals surface area contributed by atoms with Gasteiger partial charge in [-0.3, -0.25) is 14.7 Å². The molecule has 35 heavy (non-hydrogen) atoms. The van der Waals surface area contributed by atoms with Crippen LogP contribution in [-0.2, 0) is 4.79 Å². The maximum atomic E-state index is 13.1. The summed E-state index contributed by atoms with van der Waals surface area (Å²) in [6.07, 6.45) is 1.82. The molecule has 2 N–H and O–H groups in total. The highest BCUT2D eigenvalue weighted by molar-refractivity contribution is 6.31. The first-order valence-electron chi connectivity index (χ1n) is 11.4. The molecule has 9 heteroatoms. The lowest BCUT2D eigenvalue weighted by molar-refractivity contribution is -0.116. The Kier molecular flexibility index (Phi) is 8.46. The molecule has 2 aromatic carbocycles. The minimum atomic E-state index is -0.418. The van der Waals surface area contributed by atoms with E-state index in [-0.39, 0.29) is 24.4 Å². The van der Waals surface area contributed by atoms with Crippen molar-refractivity contribution in [2.45, 2.75) is 40.2 Å². The Hall–Kier alpha value is -3.03. The van der Waals surface area contributed by atoms with Gasteiger partial charge in [0.05, 0.1) is 5.69 Å². The molecule has 7 nitrogen and oxygen atoms in total. The summed E-state index contributed by atoms with van der Waals surface area (Å²) < 4.78 is 1.76. The van der Waals surface area contributed by atoms with Gasteiger partial charge in [-0.25, -0.2) is 9.78 Å². The lowest BCUT2D eigenvalue weighted by atomic mass is 10.1. The van der Waals surface area contributed by atoms with Gasteiger partial charge in [0.1, 0.15) is 6.54 Å². The topological polar surface area (TPSA) is 79.3 Å². The molecule has 1 aromatic heterocycles. The number of hydrogen-bond acceptors (Lipinski definition) is 3. The Morgan fingerprint density at radius 3 is 2.34 bits per heavy atom. The second-order valence-corrected chi connectivity index (χ2v) is 10.7. The summed E-state index contributed by atoms with van der Waals surface area (Å²) in [4.78, 5) is 32.1. The highest BCUT2D eigenvalue weighted by Crippen LogP contribution is 2.26. The van der Waals surface area contributed by atoms with E-state index in [2.05, 4.69) is 15.6 Å². The minimum absolute atomic E-state index is 0.112. The Morgan fingerprint density at radius 2 is 1.74 bits per heavy atom. The summed E-state index contributed by atoms with van der Waals surface area (Å²) in [5, 5.41) is 6.98. The van der Waals surface area contributed by atoms with E-state index in [1.54, 1.807) is 28.8 Å². The van der Waals surface area contributed by atoms with Crippen LogP contribution in [0.1, 0.15) is 34.6 Å². The molecule has 1 heterocycles. The molecular weight excluding hydrogens is 485 g/mol. The third-order valence-electron chi connectivity index (χ3n) is 4.87. The van der Waals surface area contributed by atoms with E-state index in [1.807, 2.05) is 65.1 Å². The number of nitrogens with one attached hydrogen (secondary N) is 2. The van der Waals surface area contributed by atoms with E-state index in [0.29, 0.717) is 28.2 Å². The average Bonchev–Trinajstić information content (AvgIpc) is 3.16. The summed E-state index contributed by atoms with van der Waals surface area (Å²) in [6, 6.07) is 14.3. The second-order valence-electron chi connectivity index (χ2n) is 9.81. The van der Waals surface area contributed by atoms with Crippen LogP contribution >= 0.6 is 23.2 Å². The molecule has 186 valence electrons. The van der Waals surface area contributed by atoms with E-state index in [9.17, 15) is 9.59 Å². The van der Waals surface area contributed by atoms with Gasteiger partial charge in [0.15, 0.2) is 0 Å². The van der Waals surface area contributed by atoms with Gasteiger partial charge in [0.2, 0.25) is 11.9 Å².